The fraction of sp³-hybridized carbons (Fsp3) is 0.423. The molecule has 2 amide bonds. The summed E-state index contributed by atoms with van der Waals surface area (Å²) >= 11 is 0. The van der Waals surface area contributed by atoms with Crippen LogP contribution in [0.1, 0.15) is 50.7 Å². The summed E-state index contributed by atoms with van der Waals surface area (Å²) in [5, 5.41) is 11.6. The number of hydrogen-bond acceptors (Lipinski definition) is 4. The molecule has 1 atom stereocenters. The second-order valence-electron chi connectivity index (χ2n) is 8.84. The Bertz CT molecular complexity index is 958. The summed E-state index contributed by atoms with van der Waals surface area (Å²) < 4.78 is 5.53. The zero-order valence-electron chi connectivity index (χ0n) is 19.4. The van der Waals surface area contributed by atoms with E-state index in [1.807, 2.05) is 45.0 Å². The molecule has 0 bridgehead atoms. The Hall–Kier alpha value is -3.35. The number of carboxylic acid groups (broad SMARTS) is 1. The quantitative estimate of drug-likeness (QED) is 0.561. The molecule has 0 saturated heterocycles. The largest absolute Gasteiger partial charge is 0.481 e. The number of carbonyl (C=O) groups is 3. The number of carboxylic acids is 1. The van der Waals surface area contributed by atoms with E-state index in [9.17, 15) is 14.4 Å². The van der Waals surface area contributed by atoms with E-state index in [0.29, 0.717) is 6.54 Å². The number of rotatable bonds is 10. The number of hydrogen-bond donors (Lipinski definition) is 2. The highest BCUT2D eigenvalue weighted by atomic mass is 16.5. The van der Waals surface area contributed by atoms with Crippen molar-refractivity contribution < 1.29 is 24.2 Å². The van der Waals surface area contributed by atoms with Crippen molar-refractivity contribution in [3.05, 3.63) is 59.7 Å². The first kappa shape index (κ1) is 24.3. The highest BCUT2D eigenvalue weighted by Crippen LogP contribution is 2.44. The van der Waals surface area contributed by atoms with Crippen LogP contribution in [0.3, 0.4) is 0 Å². The molecule has 176 valence electrons. The van der Waals surface area contributed by atoms with Crippen molar-refractivity contribution in [3.8, 4) is 11.1 Å². The molecule has 2 N–H and O–H groups in total. The molecule has 0 aromatic heterocycles. The molecule has 0 aliphatic heterocycles. The van der Waals surface area contributed by atoms with E-state index in [2.05, 4.69) is 29.6 Å². The number of alkyl carbamates (subject to hydrolysis) is 1. The van der Waals surface area contributed by atoms with Gasteiger partial charge in [0, 0.05) is 31.5 Å². The van der Waals surface area contributed by atoms with Crippen LogP contribution in [0.4, 0.5) is 4.79 Å². The Kier molecular flexibility index (Phi) is 8.09. The highest BCUT2D eigenvalue weighted by molar-refractivity contribution is 5.79. The zero-order chi connectivity index (χ0) is 24.0. The monoisotopic (exact) mass is 452 g/mol. The maximum absolute atomic E-state index is 12.6. The minimum Gasteiger partial charge on any atom is -0.481 e. The number of benzene rings is 2. The molecule has 3 rings (SSSR count). The molecule has 1 aliphatic carbocycles. The van der Waals surface area contributed by atoms with Gasteiger partial charge in [-0.1, -0.05) is 55.5 Å². The first-order chi connectivity index (χ1) is 15.8. The lowest BCUT2D eigenvalue weighted by atomic mass is 9.98. The van der Waals surface area contributed by atoms with Crippen LogP contribution in [0.15, 0.2) is 48.5 Å². The minimum atomic E-state index is -0.932. The first-order valence-electron chi connectivity index (χ1n) is 11.4. The molecule has 1 aliphatic rings. The van der Waals surface area contributed by atoms with Gasteiger partial charge >= 0.3 is 12.1 Å². The lowest BCUT2D eigenvalue weighted by molar-refractivity contribution is -0.139. The molecule has 2 aromatic carbocycles. The van der Waals surface area contributed by atoms with Gasteiger partial charge in [0.2, 0.25) is 5.91 Å². The zero-order valence-corrected chi connectivity index (χ0v) is 19.4. The summed E-state index contributed by atoms with van der Waals surface area (Å²) in [6.45, 7) is 6.31. The molecule has 0 heterocycles. The van der Waals surface area contributed by atoms with Crippen LogP contribution in [0.25, 0.3) is 11.1 Å². The third-order valence-electron chi connectivity index (χ3n) is 5.97. The van der Waals surface area contributed by atoms with E-state index in [-0.39, 0.29) is 49.8 Å². The van der Waals surface area contributed by atoms with Gasteiger partial charge in [-0.25, -0.2) is 4.79 Å². The third kappa shape index (κ3) is 6.12. The summed E-state index contributed by atoms with van der Waals surface area (Å²) in [5.74, 6) is -1.16. The molecule has 1 unspecified atom stereocenters. The van der Waals surface area contributed by atoms with Gasteiger partial charge in [-0.05, 0) is 42.0 Å². The predicted octanol–water partition coefficient (Wildman–Crippen LogP) is 4.26. The molecular formula is C26H32N2O5. The number of carbonyl (C=O) groups excluding carboxylic acids is 2. The summed E-state index contributed by atoms with van der Waals surface area (Å²) in [6, 6.07) is 16.2. The lowest BCUT2D eigenvalue weighted by Crippen LogP contribution is -2.40. The Morgan fingerprint density at radius 2 is 1.58 bits per heavy atom. The molecule has 2 aromatic rings. The van der Waals surface area contributed by atoms with E-state index in [1.165, 1.54) is 11.1 Å². The van der Waals surface area contributed by atoms with Gasteiger partial charge in [-0.15, -0.1) is 0 Å². The van der Waals surface area contributed by atoms with E-state index in [4.69, 9.17) is 9.84 Å². The second kappa shape index (κ2) is 11.0. The number of fused-ring (bicyclic) bond motifs is 3. The van der Waals surface area contributed by atoms with Crippen LogP contribution in [0.2, 0.25) is 0 Å². The topological polar surface area (TPSA) is 95.9 Å². The van der Waals surface area contributed by atoms with Gasteiger partial charge in [0.05, 0.1) is 6.42 Å². The molecule has 0 spiro atoms. The molecule has 33 heavy (non-hydrogen) atoms. The van der Waals surface area contributed by atoms with Crippen LogP contribution in [-0.4, -0.2) is 53.7 Å². The molecule has 7 heteroatoms. The smallest absolute Gasteiger partial charge is 0.407 e. The standard InChI is InChI=1S/C26H32N2O5/c1-17(2)28(13-12-25(30)31)24(29)14-18(3)15-27-26(32)33-16-23-21-10-6-4-8-19(21)20-9-5-7-11-22(20)23/h4-11,17-18,23H,12-16H2,1-3H3,(H,27,32)(H,30,31). The first-order valence-corrected chi connectivity index (χ1v) is 11.4. The Labute approximate surface area is 194 Å². The summed E-state index contributed by atoms with van der Waals surface area (Å²) in [4.78, 5) is 37.3. The Morgan fingerprint density at radius 1 is 1.00 bits per heavy atom. The average Bonchev–Trinajstić information content (AvgIpc) is 3.09. The van der Waals surface area contributed by atoms with Gasteiger partial charge in [-0.3, -0.25) is 9.59 Å². The van der Waals surface area contributed by atoms with Crippen molar-refractivity contribution in [2.75, 3.05) is 19.7 Å². The molecule has 7 nitrogen and oxygen atoms in total. The van der Waals surface area contributed by atoms with Crippen molar-refractivity contribution in [1.82, 2.24) is 10.2 Å². The van der Waals surface area contributed by atoms with Crippen molar-refractivity contribution in [3.63, 3.8) is 0 Å². The van der Waals surface area contributed by atoms with Gasteiger partial charge in [-0.2, -0.15) is 0 Å². The molecule has 0 radical (unpaired) electrons. The number of nitrogens with zero attached hydrogens (tertiary/aromatic N) is 1. The lowest BCUT2D eigenvalue weighted by Gasteiger charge is -2.27. The van der Waals surface area contributed by atoms with Crippen LogP contribution in [-0.2, 0) is 14.3 Å². The summed E-state index contributed by atoms with van der Waals surface area (Å²) in [6.07, 6.45) is -0.375. The number of ether oxygens (including phenoxy) is 1. The van der Waals surface area contributed by atoms with Crippen LogP contribution in [0.5, 0.6) is 0 Å². The number of aliphatic carboxylic acids is 1. The van der Waals surface area contributed by atoms with Crippen molar-refractivity contribution in [2.24, 2.45) is 5.92 Å². The Balaban J connectivity index is 1.49. The molecule has 0 saturated carbocycles. The van der Waals surface area contributed by atoms with E-state index >= 15 is 0 Å². The maximum atomic E-state index is 12.6. The van der Waals surface area contributed by atoms with Gasteiger partial charge in [0.15, 0.2) is 0 Å². The highest BCUT2D eigenvalue weighted by Gasteiger charge is 2.29. The normalized spacial score (nSPS) is 13.2. The van der Waals surface area contributed by atoms with Crippen molar-refractivity contribution in [1.29, 1.82) is 0 Å². The molecule has 0 fully saturated rings. The number of nitrogens with one attached hydrogen (secondary N) is 1. The van der Waals surface area contributed by atoms with Gasteiger partial charge < -0.3 is 20.1 Å². The van der Waals surface area contributed by atoms with E-state index < -0.39 is 12.1 Å². The van der Waals surface area contributed by atoms with E-state index in [1.54, 1.807) is 4.90 Å². The van der Waals surface area contributed by atoms with Crippen LogP contribution < -0.4 is 5.32 Å². The van der Waals surface area contributed by atoms with Gasteiger partial charge in [0.25, 0.3) is 0 Å². The molecular weight excluding hydrogens is 420 g/mol. The summed E-state index contributed by atoms with van der Waals surface area (Å²) in [7, 11) is 0. The van der Waals surface area contributed by atoms with E-state index in [0.717, 1.165) is 11.1 Å². The fourth-order valence-corrected chi connectivity index (χ4v) is 4.28. The second-order valence-corrected chi connectivity index (χ2v) is 8.84. The van der Waals surface area contributed by atoms with Crippen molar-refractivity contribution in [2.45, 2.75) is 45.6 Å². The maximum Gasteiger partial charge on any atom is 0.407 e. The van der Waals surface area contributed by atoms with Crippen molar-refractivity contribution >= 4 is 18.0 Å². The van der Waals surface area contributed by atoms with Crippen LogP contribution in [0, 0.1) is 5.92 Å². The van der Waals surface area contributed by atoms with Gasteiger partial charge in [0.1, 0.15) is 6.61 Å². The summed E-state index contributed by atoms with van der Waals surface area (Å²) in [5.41, 5.74) is 4.65. The van der Waals surface area contributed by atoms with Crippen LogP contribution >= 0.6 is 0 Å². The predicted molar refractivity (Wildman–Crippen MR) is 126 cm³/mol. The average molecular weight is 453 g/mol. The SMILES string of the molecule is CC(CNC(=O)OCC1c2ccccc2-c2ccccc21)CC(=O)N(CCC(=O)O)C(C)C. The number of amides is 2. The fourth-order valence-electron chi connectivity index (χ4n) is 4.28. The Morgan fingerprint density at radius 3 is 2.12 bits per heavy atom. The minimum absolute atomic E-state index is 0.00372. The third-order valence-corrected chi connectivity index (χ3v) is 5.97.